The first-order valence-electron chi connectivity index (χ1n) is 9.62. The number of aromatic nitrogens is 2. The van der Waals surface area contributed by atoms with Crippen molar-refractivity contribution >= 4 is 27.5 Å². The summed E-state index contributed by atoms with van der Waals surface area (Å²) in [6, 6.07) is 5.29. The predicted molar refractivity (Wildman–Crippen MR) is 109 cm³/mol. The molecule has 0 saturated carbocycles. The van der Waals surface area contributed by atoms with E-state index in [0.29, 0.717) is 29.3 Å². The van der Waals surface area contributed by atoms with E-state index in [0.717, 1.165) is 41.5 Å². The van der Waals surface area contributed by atoms with Gasteiger partial charge in [0.1, 0.15) is 10.7 Å². The molecule has 1 aliphatic carbocycles. The third-order valence-electron chi connectivity index (χ3n) is 5.04. The minimum Gasteiger partial charge on any atom is -0.550 e. The maximum absolute atomic E-state index is 12.8. The molecule has 8 heteroatoms. The molecule has 0 amide bonds. The van der Waals surface area contributed by atoms with Crippen molar-refractivity contribution in [1.82, 2.24) is 9.97 Å². The molecule has 152 valence electrons. The number of nitrogens with one attached hydrogen (secondary N) is 1. The van der Waals surface area contributed by atoms with Crippen LogP contribution >= 0.6 is 11.3 Å². The summed E-state index contributed by atoms with van der Waals surface area (Å²) >= 11 is 1.61. The zero-order valence-electron chi connectivity index (χ0n) is 16.1. The third-order valence-corrected chi connectivity index (χ3v) is 6.23. The van der Waals surface area contributed by atoms with Gasteiger partial charge in [-0.1, -0.05) is 0 Å². The molecule has 0 fully saturated rings. The number of thiophene rings is 1. The number of ether oxygens (including phenoxy) is 2. The molecule has 0 atom stereocenters. The molecular weight excluding hydrogens is 392 g/mol. The van der Waals surface area contributed by atoms with Gasteiger partial charge in [-0.25, -0.2) is 4.98 Å². The number of methoxy groups -OCH3 is 1. The molecule has 1 N–H and O–H groups in total. The monoisotopic (exact) mass is 413 g/mol. The number of aromatic amines is 1. The number of benzene rings is 1. The number of carbonyl (C=O) groups is 1. The van der Waals surface area contributed by atoms with Crippen molar-refractivity contribution in [1.29, 1.82) is 0 Å². The summed E-state index contributed by atoms with van der Waals surface area (Å²) in [4.78, 5) is 32.9. The predicted octanol–water partition coefficient (Wildman–Crippen LogP) is 2.45. The van der Waals surface area contributed by atoms with Crippen molar-refractivity contribution in [3.63, 3.8) is 0 Å². The summed E-state index contributed by atoms with van der Waals surface area (Å²) in [5.41, 5.74) is 1.77. The van der Waals surface area contributed by atoms with E-state index in [-0.39, 0.29) is 18.6 Å². The Kier molecular flexibility index (Phi) is 5.53. The number of aryl methyl sites for hydroxylation is 2. The molecule has 0 bridgehead atoms. The Morgan fingerprint density at radius 1 is 1.28 bits per heavy atom. The Bertz CT molecular complexity index is 1120. The first-order valence-corrected chi connectivity index (χ1v) is 10.4. The zero-order chi connectivity index (χ0) is 20.4. The van der Waals surface area contributed by atoms with Crippen LogP contribution in [0, 0.1) is 0 Å². The lowest BCUT2D eigenvalue weighted by Crippen LogP contribution is -2.22. The van der Waals surface area contributed by atoms with Crippen LogP contribution in [0.15, 0.2) is 23.0 Å². The summed E-state index contributed by atoms with van der Waals surface area (Å²) in [6.45, 7) is 0.242. The van der Waals surface area contributed by atoms with E-state index in [2.05, 4.69) is 4.98 Å². The lowest BCUT2D eigenvalue weighted by molar-refractivity contribution is -0.305. The third kappa shape index (κ3) is 3.98. The Morgan fingerprint density at radius 3 is 2.90 bits per heavy atom. The van der Waals surface area contributed by atoms with E-state index in [1.165, 1.54) is 12.0 Å². The van der Waals surface area contributed by atoms with E-state index in [4.69, 9.17) is 14.5 Å². The number of hydrogen-bond acceptors (Lipinski definition) is 7. The van der Waals surface area contributed by atoms with Crippen molar-refractivity contribution in [2.24, 2.45) is 0 Å². The summed E-state index contributed by atoms with van der Waals surface area (Å²) in [5, 5.41) is 11.2. The van der Waals surface area contributed by atoms with Gasteiger partial charge < -0.3 is 24.4 Å². The Labute approximate surface area is 171 Å². The molecule has 4 rings (SSSR count). The topological polar surface area (TPSA) is 104 Å². The molecule has 1 aliphatic rings. The summed E-state index contributed by atoms with van der Waals surface area (Å²) in [5.74, 6) is 0.383. The second-order valence-electron chi connectivity index (χ2n) is 7.00. The van der Waals surface area contributed by atoms with E-state index < -0.39 is 5.97 Å². The second kappa shape index (κ2) is 8.24. The maximum atomic E-state index is 12.8. The van der Waals surface area contributed by atoms with E-state index >= 15 is 0 Å². The molecule has 3 aromatic rings. The summed E-state index contributed by atoms with van der Waals surface area (Å²) < 4.78 is 11.0. The Morgan fingerprint density at radius 2 is 2.10 bits per heavy atom. The first-order chi connectivity index (χ1) is 14.1. The fourth-order valence-corrected chi connectivity index (χ4v) is 4.90. The average Bonchev–Trinajstić information content (AvgIpc) is 3.10. The highest BCUT2D eigenvalue weighted by Gasteiger charge is 2.20. The summed E-state index contributed by atoms with van der Waals surface area (Å²) in [6.07, 6.45) is 4.52. The molecular formula is C21H21N2O5S-. The minimum absolute atomic E-state index is 0.0592. The fraction of sp³-hybridized carbons (Fsp3) is 0.381. The number of aliphatic carboxylic acids is 1. The van der Waals surface area contributed by atoms with Crippen LogP contribution in [0.25, 0.3) is 21.6 Å². The zero-order valence-corrected chi connectivity index (χ0v) is 16.9. The van der Waals surface area contributed by atoms with Crippen LogP contribution in [0.3, 0.4) is 0 Å². The van der Waals surface area contributed by atoms with Gasteiger partial charge in [0.2, 0.25) is 0 Å². The molecule has 0 radical (unpaired) electrons. The van der Waals surface area contributed by atoms with Gasteiger partial charge >= 0.3 is 0 Å². The van der Waals surface area contributed by atoms with Crippen molar-refractivity contribution in [2.45, 2.75) is 38.5 Å². The summed E-state index contributed by atoms with van der Waals surface area (Å²) in [7, 11) is 1.53. The number of hydrogen-bond donors (Lipinski definition) is 1. The Hall–Kier alpha value is -2.87. The van der Waals surface area contributed by atoms with Crippen LogP contribution in [0.2, 0.25) is 0 Å². The van der Waals surface area contributed by atoms with Crippen molar-refractivity contribution in [3.05, 3.63) is 39.0 Å². The highest BCUT2D eigenvalue weighted by atomic mass is 32.1. The van der Waals surface area contributed by atoms with Gasteiger partial charge in [0, 0.05) is 16.4 Å². The SMILES string of the molecule is COc1cc(-c2nc3sc4c(c3c(=O)[nH]2)CCCC4)ccc1OCCCC(=O)[O-]. The van der Waals surface area contributed by atoms with Crippen LogP contribution in [0.1, 0.15) is 36.1 Å². The van der Waals surface area contributed by atoms with E-state index in [1.807, 2.05) is 0 Å². The molecule has 29 heavy (non-hydrogen) atoms. The standard InChI is InChI=1S/C21H22N2O5S/c1-27-15-11-12(8-9-14(15)28-10-4-7-17(24)25)19-22-20(26)18-13-5-2-3-6-16(13)29-21(18)23-19/h8-9,11H,2-7,10H2,1H3,(H,24,25)(H,22,23,26)/p-1. The largest absolute Gasteiger partial charge is 0.550 e. The highest BCUT2D eigenvalue weighted by Crippen LogP contribution is 2.35. The van der Waals surface area contributed by atoms with Gasteiger partial charge in [-0.2, -0.15) is 0 Å². The van der Waals surface area contributed by atoms with Gasteiger partial charge in [-0.15, -0.1) is 11.3 Å². The Balaban J connectivity index is 1.63. The lowest BCUT2D eigenvalue weighted by atomic mass is 9.97. The fourth-order valence-electron chi connectivity index (χ4n) is 3.63. The van der Waals surface area contributed by atoms with Crippen LogP contribution in [-0.4, -0.2) is 29.7 Å². The van der Waals surface area contributed by atoms with Crippen molar-refractivity contribution in [3.8, 4) is 22.9 Å². The van der Waals surface area contributed by atoms with Gasteiger partial charge in [-0.05, 0) is 62.3 Å². The molecule has 0 spiro atoms. The lowest BCUT2D eigenvalue weighted by Gasteiger charge is -2.12. The average molecular weight is 413 g/mol. The number of rotatable bonds is 7. The molecule has 2 heterocycles. The van der Waals surface area contributed by atoms with E-state index in [9.17, 15) is 14.7 Å². The first kappa shape index (κ1) is 19.4. The quantitative estimate of drug-likeness (QED) is 0.597. The van der Waals surface area contributed by atoms with Gasteiger partial charge in [0.25, 0.3) is 5.56 Å². The number of carboxylic acids is 1. The van der Waals surface area contributed by atoms with Gasteiger partial charge in [-0.3, -0.25) is 4.79 Å². The number of nitrogens with zero attached hydrogens (tertiary/aromatic N) is 1. The molecule has 7 nitrogen and oxygen atoms in total. The van der Waals surface area contributed by atoms with Gasteiger partial charge in [0.05, 0.1) is 19.1 Å². The van der Waals surface area contributed by atoms with Gasteiger partial charge in [0.15, 0.2) is 11.5 Å². The van der Waals surface area contributed by atoms with Crippen molar-refractivity contribution in [2.75, 3.05) is 13.7 Å². The second-order valence-corrected chi connectivity index (χ2v) is 8.08. The number of fused-ring (bicyclic) bond motifs is 3. The van der Waals surface area contributed by atoms with Crippen LogP contribution in [-0.2, 0) is 17.6 Å². The molecule has 0 unspecified atom stereocenters. The van der Waals surface area contributed by atoms with Crippen LogP contribution in [0.5, 0.6) is 11.5 Å². The molecule has 2 aromatic heterocycles. The smallest absolute Gasteiger partial charge is 0.260 e. The number of carboxylic acid groups (broad SMARTS) is 1. The maximum Gasteiger partial charge on any atom is 0.260 e. The van der Waals surface area contributed by atoms with E-state index in [1.54, 1.807) is 29.5 Å². The highest BCUT2D eigenvalue weighted by molar-refractivity contribution is 7.18. The molecule has 1 aromatic carbocycles. The van der Waals surface area contributed by atoms with Crippen LogP contribution in [0.4, 0.5) is 0 Å². The number of H-pyrrole nitrogens is 1. The van der Waals surface area contributed by atoms with Crippen LogP contribution < -0.4 is 20.1 Å². The van der Waals surface area contributed by atoms with Crippen molar-refractivity contribution < 1.29 is 19.4 Å². The molecule has 0 aliphatic heterocycles. The molecule has 0 saturated heterocycles. The normalized spacial score (nSPS) is 13.3. The number of carbonyl (C=O) groups excluding carboxylic acids is 1. The minimum atomic E-state index is -1.10.